The fourth-order valence-corrected chi connectivity index (χ4v) is 6.33. The van der Waals surface area contributed by atoms with Crippen LogP contribution in [0.4, 0.5) is 0 Å². The summed E-state index contributed by atoms with van der Waals surface area (Å²) in [6.07, 6.45) is 9.47. The lowest BCUT2D eigenvalue weighted by Crippen LogP contribution is -2.64. The van der Waals surface area contributed by atoms with Gasteiger partial charge in [0.15, 0.2) is 0 Å². The molecule has 3 aliphatic rings. The summed E-state index contributed by atoms with van der Waals surface area (Å²) in [4.78, 5) is 2.65. The Kier molecular flexibility index (Phi) is 4.13. The molecule has 4 nitrogen and oxygen atoms in total. The SMILES string of the molecule is NCC1(N2CCC[C@H]3CCCC[C@H]32)CCS(=O)(=O)CC1. The average molecular weight is 300 g/mol. The maximum Gasteiger partial charge on any atom is 0.150 e. The predicted octanol–water partition coefficient (Wildman–Crippen LogP) is 1.55. The number of hydrogen-bond donors (Lipinski definition) is 1. The first-order valence-corrected chi connectivity index (χ1v) is 10.1. The van der Waals surface area contributed by atoms with E-state index in [4.69, 9.17) is 5.73 Å². The van der Waals surface area contributed by atoms with Gasteiger partial charge in [-0.1, -0.05) is 12.8 Å². The summed E-state index contributed by atoms with van der Waals surface area (Å²) >= 11 is 0. The Hall–Kier alpha value is -0.130. The molecule has 1 saturated carbocycles. The normalized spacial score (nSPS) is 37.2. The van der Waals surface area contributed by atoms with Crippen molar-refractivity contribution in [1.29, 1.82) is 0 Å². The van der Waals surface area contributed by atoms with Crippen molar-refractivity contribution >= 4 is 9.84 Å². The summed E-state index contributed by atoms with van der Waals surface area (Å²) < 4.78 is 23.5. The molecule has 3 fully saturated rings. The monoisotopic (exact) mass is 300 g/mol. The topological polar surface area (TPSA) is 63.4 Å². The molecule has 2 aliphatic heterocycles. The van der Waals surface area contributed by atoms with Crippen LogP contribution in [0.1, 0.15) is 51.4 Å². The zero-order valence-corrected chi connectivity index (χ0v) is 13.2. The van der Waals surface area contributed by atoms with Crippen molar-refractivity contribution in [2.45, 2.75) is 62.9 Å². The van der Waals surface area contributed by atoms with Gasteiger partial charge in [0.1, 0.15) is 9.84 Å². The molecule has 116 valence electrons. The lowest BCUT2D eigenvalue weighted by atomic mass is 9.75. The van der Waals surface area contributed by atoms with Crippen molar-refractivity contribution in [3.63, 3.8) is 0 Å². The lowest BCUT2D eigenvalue weighted by Gasteiger charge is -2.55. The Labute approximate surface area is 123 Å². The summed E-state index contributed by atoms with van der Waals surface area (Å²) in [5.74, 6) is 1.50. The second-order valence-electron chi connectivity index (χ2n) is 7.03. The quantitative estimate of drug-likeness (QED) is 0.840. The van der Waals surface area contributed by atoms with Crippen molar-refractivity contribution in [2.24, 2.45) is 11.7 Å². The zero-order chi connectivity index (χ0) is 14.2. The molecule has 1 aliphatic carbocycles. The van der Waals surface area contributed by atoms with Gasteiger partial charge in [0.2, 0.25) is 0 Å². The van der Waals surface area contributed by atoms with E-state index in [9.17, 15) is 8.42 Å². The summed E-state index contributed by atoms with van der Waals surface area (Å²) in [5.41, 5.74) is 6.11. The Morgan fingerprint density at radius 2 is 1.70 bits per heavy atom. The third kappa shape index (κ3) is 2.64. The predicted molar refractivity (Wildman–Crippen MR) is 81.4 cm³/mol. The van der Waals surface area contributed by atoms with E-state index in [-0.39, 0.29) is 5.54 Å². The van der Waals surface area contributed by atoms with Crippen LogP contribution in [-0.4, -0.2) is 49.5 Å². The molecule has 2 atom stereocenters. The number of hydrogen-bond acceptors (Lipinski definition) is 4. The lowest BCUT2D eigenvalue weighted by molar-refractivity contribution is -0.0305. The van der Waals surface area contributed by atoms with Crippen LogP contribution in [0.5, 0.6) is 0 Å². The number of nitrogens with zero attached hydrogens (tertiary/aromatic N) is 1. The third-order valence-electron chi connectivity index (χ3n) is 5.99. The number of fused-ring (bicyclic) bond motifs is 1. The van der Waals surface area contributed by atoms with Gasteiger partial charge in [-0.3, -0.25) is 4.90 Å². The van der Waals surface area contributed by atoms with E-state index in [1.807, 2.05) is 0 Å². The minimum Gasteiger partial charge on any atom is -0.329 e. The van der Waals surface area contributed by atoms with Crippen molar-refractivity contribution in [3.05, 3.63) is 0 Å². The van der Waals surface area contributed by atoms with Gasteiger partial charge in [0, 0.05) is 18.1 Å². The molecule has 0 spiro atoms. The van der Waals surface area contributed by atoms with Crippen molar-refractivity contribution in [3.8, 4) is 0 Å². The van der Waals surface area contributed by atoms with Gasteiger partial charge in [0.05, 0.1) is 11.5 Å². The Balaban J connectivity index is 1.81. The van der Waals surface area contributed by atoms with Crippen LogP contribution in [-0.2, 0) is 9.84 Å². The second kappa shape index (κ2) is 5.58. The largest absolute Gasteiger partial charge is 0.329 e. The van der Waals surface area contributed by atoms with Gasteiger partial charge in [-0.25, -0.2) is 8.42 Å². The summed E-state index contributed by atoms with van der Waals surface area (Å²) in [6, 6.07) is 0.668. The minimum atomic E-state index is -2.81. The van der Waals surface area contributed by atoms with Crippen LogP contribution < -0.4 is 5.73 Å². The maximum atomic E-state index is 11.8. The summed E-state index contributed by atoms with van der Waals surface area (Å²) in [5, 5.41) is 0. The minimum absolute atomic E-state index is 0.0357. The molecule has 0 aromatic rings. The Morgan fingerprint density at radius 3 is 2.40 bits per heavy atom. The van der Waals surface area contributed by atoms with E-state index < -0.39 is 9.84 Å². The molecular weight excluding hydrogens is 272 g/mol. The highest BCUT2D eigenvalue weighted by molar-refractivity contribution is 7.91. The van der Waals surface area contributed by atoms with Crippen LogP contribution in [0.3, 0.4) is 0 Å². The molecule has 5 heteroatoms. The van der Waals surface area contributed by atoms with Gasteiger partial charge in [-0.2, -0.15) is 0 Å². The highest BCUT2D eigenvalue weighted by atomic mass is 32.2. The van der Waals surface area contributed by atoms with E-state index >= 15 is 0 Å². The molecular formula is C15H28N2O2S. The number of piperidine rings is 1. The first-order valence-electron chi connectivity index (χ1n) is 8.24. The van der Waals surface area contributed by atoms with E-state index in [1.165, 1.54) is 38.5 Å². The van der Waals surface area contributed by atoms with E-state index in [0.29, 0.717) is 24.1 Å². The Morgan fingerprint density at radius 1 is 1.05 bits per heavy atom. The van der Waals surface area contributed by atoms with Crippen molar-refractivity contribution in [1.82, 2.24) is 4.90 Å². The highest BCUT2D eigenvalue weighted by Gasteiger charge is 2.46. The zero-order valence-electron chi connectivity index (χ0n) is 12.4. The van der Waals surface area contributed by atoms with Gasteiger partial charge in [0.25, 0.3) is 0 Å². The van der Waals surface area contributed by atoms with Gasteiger partial charge in [-0.05, 0) is 51.0 Å². The highest BCUT2D eigenvalue weighted by Crippen LogP contribution is 2.41. The summed E-state index contributed by atoms with van der Waals surface area (Å²) in [6.45, 7) is 1.74. The van der Waals surface area contributed by atoms with Crippen LogP contribution in [0.2, 0.25) is 0 Å². The molecule has 3 rings (SSSR count). The molecule has 0 radical (unpaired) electrons. The van der Waals surface area contributed by atoms with Gasteiger partial charge in [-0.15, -0.1) is 0 Å². The van der Waals surface area contributed by atoms with Crippen LogP contribution >= 0.6 is 0 Å². The van der Waals surface area contributed by atoms with Gasteiger partial charge >= 0.3 is 0 Å². The molecule has 0 amide bonds. The third-order valence-corrected chi connectivity index (χ3v) is 7.64. The fourth-order valence-electron chi connectivity index (χ4n) is 4.74. The molecule has 0 aromatic heterocycles. The van der Waals surface area contributed by atoms with E-state index in [1.54, 1.807) is 0 Å². The number of sulfone groups is 1. The number of nitrogens with two attached hydrogens (primary N) is 1. The van der Waals surface area contributed by atoms with E-state index in [0.717, 1.165) is 25.3 Å². The molecule has 0 unspecified atom stereocenters. The number of rotatable bonds is 2. The molecule has 0 bridgehead atoms. The van der Waals surface area contributed by atoms with Crippen LogP contribution in [0.15, 0.2) is 0 Å². The van der Waals surface area contributed by atoms with Crippen molar-refractivity contribution in [2.75, 3.05) is 24.6 Å². The second-order valence-corrected chi connectivity index (χ2v) is 9.33. The molecule has 20 heavy (non-hydrogen) atoms. The van der Waals surface area contributed by atoms with Crippen LogP contribution in [0, 0.1) is 5.92 Å². The summed E-state index contributed by atoms with van der Waals surface area (Å²) in [7, 11) is -2.81. The average Bonchev–Trinajstić information content (AvgIpc) is 2.48. The van der Waals surface area contributed by atoms with E-state index in [2.05, 4.69) is 4.90 Å². The molecule has 2 N–H and O–H groups in total. The standard InChI is InChI=1S/C15H28N2O2S/c16-12-15(7-10-20(18,19)11-8-15)17-9-3-5-13-4-1-2-6-14(13)17/h13-14H,1-12,16H2/t13-,14-/m1/s1. The molecule has 0 aromatic carbocycles. The maximum absolute atomic E-state index is 11.8. The smallest absolute Gasteiger partial charge is 0.150 e. The fraction of sp³-hybridized carbons (Fsp3) is 1.00. The molecule has 2 heterocycles. The first kappa shape index (κ1) is 14.8. The number of likely N-dealkylation sites (tertiary alicyclic amines) is 1. The first-order chi connectivity index (χ1) is 9.56. The van der Waals surface area contributed by atoms with Crippen molar-refractivity contribution < 1.29 is 8.42 Å². The van der Waals surface area contributed by atoms with Crippen LogP contribution in [0.25, 0.3) is 0 Å². The Bertz CT molecular complexity index is 433. The van der Waals surface area contributed by atoms with Gasteiger partial charge < -0.3 is 5.73 Å². The molecule has 2 saturated heterocycles.